The molecular formula is C16H15NO. The fraction of sp³-hybridized carbons (Fsp3) is 0.188. The third kappa shape index (κ3) is 1.70. The van der Waals surface area contributed by atoms with Gasteiger partial charge in [-0.15, -0.1) is 0 Å². The second-order valence-electron chi connectivity index (χ2n) is 4.69. The maximum Gasteiger partial charge on any atom is 0.227 e. The van der Waals surface area contributed by atoms with Crippen molar-refractivity contribution in [3.8, 4) is 0 Å². The first-order valence-electron chi connectivity index (χ1n) is 6.16. The highest BCUT2D eigenvalue weighted by Crippen LogP contribution is 2.34. The van der Waals surface area contributed by atoms with Crippen LogP contribution < -0.4 is 0 Å². The first-order chi connectivity index (χ1) is 8.77. The number of nitrogens with zero attached hydrogens (tertiary/aromatic N) is 1. The van der Waals surface area contributed by atoms with E-state index in [1.54, 1.807) is 0 Å². The molecule has 2 nitrogen and oxygen atoms in total. The molecule has 0 spiro atoms. The van der Waals surface area contributed by atoms with Crippen molar-refractivity contribution in [1.29, 1.82) is 0 Å². The van der Waals surface area contributed by atoms with Crippen LogP contribution in [0.4, 0.5) is 0 Å². The summed E-state index contributed by atoms with van der Waals surface area (Å²) in [5.41, 5.74) is 3.56. The van der Waals surface area contributed by atoms with Crippen molar-refractivity contribution < 1.29 is 4.79 Å². The van der Waals surface area contributed by atoms with Crippen molar-refractivity contribution in [2.75, 3.05) is 7.05 Å². The van der Waals surface area contributed by atoms with Crippen LogP contribution in [0.5, 0.6) is 0 Å². The first kappa shape index (κ1) is 11.0. The molecule has 0 aromatic heterocycles. The van der Waals surface area contributed by atoms with E-state index >= 15 is 0 Å². The van der Waals surface area contributed by atoms with Gasteiger partial charge >= 0.3 is 0 Å². The standard InChI is InChI=1S/C16H15NO/c1-17-15(18)11-13-9-5-6-10-14(13)16(17)12-7-3-2-4-8-12/h2-10,16H,11H2,1H3. The molecule has 2 aromatic rings. The van der Waals surface area contributed by atoms with Gasteiger partial charge in [0.1, 0.15) is 0 Å². The van der Waals surface area contributed by atoms with E-state index in [0.717, 1.165) is 5.56 Å². The molecule has 1 aliphatic heterocycles. The average molecular weight is 237 g/mol. The summed E-state index contributed by atoms with van der Waals surface area (Å²) in [6.45, 7) is 0. The molecule has 0 fully saturated rings. The van der Waals surface area contributed by atoms with Crippen LogP contribution in [0.2, 0.25) is 0 Å². The van der Waals surface area contributed by atoms with Crippen LogP contribution in [0.15, 0.2) is 54.6 Å². The number of carbonyl (C=O) groups excluding carboxylic acids is 1. The lowest BCUT2D eigenvalue weighted by atomic mass is 9.88. The van der Waals surface area contributed by atoms with E-state index in [0.29, 0.717) is 6.42 Å². The van der Waals surface area contributed by atoms with Gasteiger partial charge in [0.15, 0.2) is 0 Å². The summed E-state index contributed by atoms with van der Waals surface area (Å²) < 4.78 is 0. The van der Waals surface area contributed by atoms with E-state index in [1.807, 2.05) is 42.3 Å². The molecule has 1 amide bonds. The lowest BCUT2D eigenvalue weighted by molar-refractivity contribution is -0.131. The minimum atomic E-state index is 0.0450. The number of rotatable bonds is 1. The van der Waals surface area contributed by atoms with Crippen LogP contribution >= 0.6 is 0 Å². The van der Waals surface area contributed by atoms with Crippen molar-refractivity contribution >= 4 is 5.91 Å². The van der Waals surface area contributed by atoms with Gasteiger partial charge in [-0.05, 0) is 16.7 Å². The minimum absolute atomic E-state index is 0.0450. The van der Waals surface area contributed by atoms with Gasteiger partial charge in [-0.1, -0.05) is 54.6 Å². The highest BCUT2D eigenvalue weighted by atomic mass is 16.2. The normalized spacial score (nSPS) is 18.6. The number of fused-ring (bicyclic) bond motifs is 1. The zero-order valence-corrected chi connectivity index (χ0v) is 10.3. The molecule has 1 unspecified atom stereocenters. The number of benzene rings is 2. The molecule has 0 N–H and O–H groups in total. The maximum atomic E-state index is 12.1. The Hall–Kier alpha value is -2.09. The summed E-state index contributed by atoms with van der Waals surface area (Å²) in [6.07, 6.45) is 0.510. The summed E-state index contributed by atoms with van der Waals surface area (Å²) in [7, 11) is 1.88. The number of likely N-dealkylation sites (N-methyl/N-ethyl adjacent to an activating group) is 1. The second-order valence-corrected chi connectivity index (χ2v) is 4.69. The van der Waals surface area contributed by atoms with Gasteiger partial charge in [-0.3, -0.25) is 4.79 Å². The van der Waals surface area contributed by atoms with E-state index in [2.05, 4.69) is 24.3 Å². The number of hydrogen-bond acceptors (Lipinski definition) is 1. The molecule has 1 aliphatic rings. The van der Waals surface area contributed by atoms with Crippen molar-refractivity contribution in [2.24, 2.45) is 0 Å². The topological polar surface area (TPSA) is 20.3 Å². The molecule has 0 bridgehead atoms. The predicted octanol–water partition coefficient (Wildman–Crippen LogP) is 2.79. The molecule has 90 valence electrons. The lowest BCUT2D eigenvalue weighted by Crippen LogP contribution is -2.37. The molecule has 0 saturated heterocycles. The zero-order valence-electron chi connectivity index (χ0n) is 10.3. The molecule has 0 radical (unpaired) electrons. The summed E-state index contributed by atoms with van der Waals surface area (Å²) in [5.74, 6) is 0.183. The monoisotopic (exact) mass is 237 g/mol. The highest BCUT2D eigenvalue weighted by Gasteiger charge is 2.30. The Kier molecular flexibility index (Phi) is 2.63. The third-order valence-electron chi connectivity index (χ3n) is 3.59. The first-order valence-corrected chi connectivity index (χ1v) is 6.16. The van der Waals surface area contributed by atoms with Gasteiger partial charge in [0.25, 0.3) is 0 Å². The molecule has 0 aliphatic carbocycles. The summed E-state index contributed by atoms with van der Waals surface area (Å²) in [4.78, 5) is 13.9. The van der Waals surface area contributed by atoms with E-state index in [9.17, 15) is 4.79 Å². The number of amides is 1. The zero-order chi connectivity index (χ0) is 12.5. The van der Waals surface area contributed by atoms with Gasteiger partial charge in [-0.25, -0.2) is 0 Å². The van der Waals surface area contributed by atoms with E-state index in [1.165, 1.54) is 11.1 Å². The summed E-state index contributed by atoms with van der Waals surface area (Å²) in [6, 6.07) is 18.5. The molecule has 18 heavy (non-hydrogen) atoms. The second kappa shape index (κ2) is 4.30. The summed E-state index contributed by atoms with van der Waals surface area (Å²) >= 11 is 0. The van der Waals surface area contributed by atoms with E-state index in [-0.39, 0.29) is 11.9 Å². The van der Waals surface area contributed by atoms with Gasteiger partial charge in [0.05, 0.1) is 12.5 Å². The minimum Gasteiger partial charge on any atom is -0.334 e. The van der Waals surface area contributed by atoms with E-state index in [4.69, 9.17) is 0 Å². The molecule has 2 aromatic carbocycles. The van der Waals surface area contributed by atoms with Crippen molar-refractivity contribution in [3.05, 3.63) is 71.3 Å². The Labute approximate surface area is 107 Å². The maximum absolute atomic E-state index is 12.1. The van der Waals surface area contributed by atoms with Gasteiger partial charge in [-0.2, -0.15) is 0 Å². The quantitative estimate of drug-likeness (QED) is 0.747. The lowest BCUT2D eigenvalue weighted by Gasteiger charge is -2.34. The van der Waals surface area contributed by atoms with Crippen molar-refractivity contribution in [3.63, 3.8) is 0 Å². The number of carbonyl (C=O) groups is 1. The Morgan fingerprint density at radius 3 is 2.44 bits per heavy atom. The Bertz CT molecular complexity index is 577. The smallest absolute Gasteiger partial charge is 0.227 e. The van der Waals surface area contributed by atoms with E-state index < -0.39 is 0 Å². The fourth-order valence-electron chi connectivity index (χ4n) is 2.64. The van der Waals surface area contributed by atoms with Crippen LogP contribution in [0.3, 0.4) is 0 Å². The molecular weight excluding hydrogens is 222 g/mol. The van der Waals surface area contributed by atoms with Crippen LogP contribution in [-0.2, 0) is 11.2 Å². The van der Waals surface area contributed by atoms with Crippen LogP contribution in [0.25, 0.3) is 0 Å². The van der Waals surface area contributed by atoms with Crippen molar-refractivity contribution in [2.45, 2.75) is 12.5 Å². The Balaban J connectivity index is 2.15. The predicted molar refractivity (Wildman–Crippen MR) is 71.2 cm³/mol. The Morgan fingerprint density at radius 2 is 1.67 bits per heavy atom. The van der Waals surface area contributed by atoms with Gasteiger partial charge in [0.2, 0.25) is 5.91 Å². The van der Waals surface area contributed by atoms with Crippen LogP contribution in [-0.4, -0.2) is 17.9 Å². The Morgan fingerprint density at radius 1 is 1.00 bits per heavy atom. The SMILES string of the molecule is CN1C(=O)Cc2ccccc2C1c1ccccc1. The van der Waals surface area contributed by atoms with Gasteiger partial charge in [0, 0.05) is 7.05 Å². The molecule has 0 saturated carbocycles. The van der Waals surface area contributed by atoms with Gasteiger partial charge < -0.3 is 4.90 Å². The van der Waals surface area contributed by atoms with Crippen LogP contribution in [0, 0.1) is 0 Å². The molecule has 2 heteroatoms. The molecule has 1 atom stereocenters. The largest absolute Gasteiger partial charge is 0.334 e. The molecule has 1 heterocycles. The number of hydrogen-bond donors (Lipinski definition) is 0. The molecule has 3 rings (SSSR count). The van der Waals surface area contributed by atoms with Crippen molar-refractivity contribution in [1.82, 2.24) is 4.90 Å². The summed E-state index contributed by atoms with van der Waals surface area (Å²) in [5, 5.41) is 0. The highest BCUT2D eigenvalue weighted by molar-refractivity contribution is 5.82. The van der Waals surface area contributed by atoms with Crippen LogP contribution in [0.1, 0.15) is 22.7 Å². The third-order valence-corrected chi connectivity index (χ3v) is 3.59. The fourth-order valence-corrected chi connectivity index (χ4v) is 2.64. The average Bonchev–Trinajstić information content (AvgIpc) is 2.41.